The summed E-state index contributed by atoms with van der Waals surface area (Å²) in [4.78, 5) is 12.3. The van der Waals surface area contributed by atoms with Gasteiger partial charge in [0.2, 0.25) is 0 Å². The van der Waals surface area contributed by atoms with Gasteiger partial charge in [-0.3, -0.25) is 4.79 Å². The van der Waals surface area contributed by atoms with Crippen LogP contribution < -0.4 is 5.32 Å². The molecule has 22 heavy (non-hydrogen) atoms. The lowest BCUT2D eigenvalue weighted by Gasteiger charge is -2.04. The summed E-state index contributed by atoms with van der Waals surface area (Å²) in [6.07, 6.45) is 2.11. The zero-order valence-electron chi connectivity index (χ0n) is 12.1. The first-order chi connectivity index (χ1) is 10.7. The minimum atomic E-state index is -0.196. The number of fused-ring (bicyclic) bond motifs is 1. The predicted octanol–water partition coefficient (Wildman–Crippen LogP) is 4.80. The van der Waals surface area contributed by atoms with E-state index in [1.165, 1.54) is 5.56 Å². The number of aryl methyl sites for hydroxylation is 1. The van der Waals surface area contributed by atoms with Gasteiger partial charge in [-0.1, -0.05) is 46.6 Å². The number of benzene rings is 2. The highest BCUT2D eigenvalue weighted by molar-refractivity contribution is 9.10. The first-order valence-corrected chi connectivity index (χ1v) is 7.92. The van der Waals surface area contributed by atoms with E-state index in [1.807, 2.05) is 42.5 Å². The fourth-order valence-corrected chi connectivity index (χ4v) is 2.65. The molecule has 0 spiro atoms. The molecule has 0 unspecified atom stereocenters. The van der Waals surface area contributed by atoms with Gasteiger partial charge in [-0.2, -0.15) is 0 Å². The lowest BCUT2D eigenvalue weighted by molar-refractivity contribution is 0.102. The van der Waals surface area contributed by atoms with Gasteiger partial charge in [-0.25, -0.2) is 0 Å². The summed E-state index contributed by atoms with van der Waals surface area (Å²) in [6, 6.07) is 13.2. The first kappa shape index (κ1) is 14.8. The average Bonchev–Trinajstić information content (AvgIpc) is 2.90. The summed E-state index contributed by atoms with van der Waals surface area (Å²) < 4.78 is 6.11. The Bertz CT molecular complexity index is 809. The number of amides is 1. The topological polar surface area (TPSA) is 55.1 Å². The van der Waals surface area contributed by atoms with Crippen LogP contribution in [-0.4, -0.2) is 11.1 Å². The Hall–Kier alpha value is -2.14. The summed E-state index contributed by atoms with van der Waals surface area (Å²) in [5, 5.41) is 7.49. The van der Waals surface area contributed by atoms with Crippen LogP contribution in [0, 0.1) is 0 Å². The number of aromatic nitrogens is 1. The molecular formula is C17H15BrN2O2. The van der Waals surface area contributed by atoms with Crippen LogP contribution in [-0.2, 0) is 6.42 Å². The largest absolute Gasteiger partial charge is 0.354 e. The van der Waals surface area contributed by atoms with Crippen molar-refractivity contribution in [2.75, 3.05) is 5.32 Å². The number of anilines is 1. The molecule has 0 saturated heterocycles. The van der Waals surface area contributed by atoms with E-state index in [-0.39, 0.29) is 5.91 Å². The van der Waals surface area contributed by atoms with E-state index in [9.17, 15) is 4.79 Å². The molecule has 0 aliphatic heterocycles. The second-order valence-corrected chi connectivity index (χ2v) is 5.99. The molecule has 0 atom stereocenters. The Balaban J connectivity index is 1.82. The quantitative estimate of drug-likeness (QED) is 0.728. The second-order valence-electron chi connectivity index (χ2n) is 5.07. The fourth-order valence-electron chi connectivity index (χ4n) is 2.29. The first-order valence-electron chi connectivity index (χ1n) is 7.12. The molecule has 1 N–H and O–H groups in total. The fraction of sp³-hybridized carbons (Fsp3) is 0.176. The minimum absolute atomic E-state index is 0.196. The summed E-state index contributed by atoms with van der Waals surface area (Å²) in [6.45, 7) is 2.13. The Morgan fingerprint density at radius 1 is 1.23 bits per heavy atom. The monoisotopic (exact) mass is 358 g/mol. The maximum Gasteiger partial charge on any atom is 0.256 e. The third-order valence-corrected chi connectivity index (χ3v) is 3.91. The zero-order valence-corrected chi connectivity index (χ0v) is 13.7. The van der Waals surface area contributed by atoms with Crippen molar-refractivity contribution in [3.8, 4) is 0 Å². The van der Waals surface area contributed by atoms with E-state index >= 15 is 0 Å². The average molecular weight is 359 g/mol. The van der Waals surface area contributed by atoms with Crippen molar-refractivity contribution < 1.29 is 9.32 Å². The van der Waals surface area contributed by atoms with Crippen LogP contribution in [0.15, 0.2) is 51.5 Å². The van der Waals surface area contributed by atoms with E-state index in [2.05, 4.69) is 33.3 Å². The van der Waals surface area contributed by atoms with E-state index < -0.39 is 0 Å². The number of halogens is 1. The molecule has 3 aromatic rings. The Labute approximate surface area is 136 Å². The molecule has 0 aliphatic carbocycles. The predicted molar refractivity (Wildman–Crippen MR) is 90.1 cm³/mol. The molecular weight excluding hydrogens is 344 g/mol. The van der Waals surface area contributed by atoms with Gasteiger partial charge in [-0.05, 0) is 42.3 Å². The van der Waals surface area contributed by atoms with Gasteiger partial charge in [0, 0.05) is 10.0 Å². The van der Waals surface area contributed by atoms with Gasteiger partial charge in [0.15, 0.2) is 11.4 Å². The zero-order chi connectivity index (χ0) is 15.5. The van der Waals surface area contributed by atoms with Crippen LogP contribution in [0.4, 0.5) is 5.82 Å². The second kappa shape index (κ2) is 6.32. The van der Waals surface area contributed by atoms with Gasteiger partial charge < -0.3 is 9.84 Å². The Morgan fingerprint density at radius 3 is 2.73 bits per heavy atom. The smallest absolute Gasteiger partial charge is 0.256 e. The maximum atomic E-state index is 12.3. The normalized spacial score (nSPS) is 10.8. The molecule has 2 aromatic carbocycles. The number of rotatable bonds is 4. The van der Waals surface area contributed by atoms with Gasteiger partial charge in [0.05, 0.1) is 5.39 Å². The molecule has 1 aromatic heterocycles. The van der Waals surface area contributed by atoms with Crippen molar-refractivity contribution in [3.05, 3.63) is 58.1 Å². The van der Waals surface area contributed by atoms with Crippen LogP contribution in [0.25, 0.3) is 11.0 Å². The molecule has 0 fully saturated rings. The number of hydrogen-bond acceptors (Lipinski definition) is 3. The van der Waals surface area contributed by atoms with Crippen LogP contribution in [0.5, 0.6) is 0 Å². The standard InChI is InChI=1S/C17H15BrN2O2/c1-2-3-11-4-6-12(7-5-11)17(21)19-16-14-10-13(18)8-9-15(14)22-20-16/h4-10H,2-3H2,1H3,(H,19,20,21). The highest BCUT2D eigenvalue weighted by atomic mass is 79.9. The molecule has 112 valence electrons. The minimum Gasteiger partial charge on any atom is -0.354 e. The number of hydrogen-bond donors (Lipinski definition) is 1. The Morgan fingerprint density at radius 2 is 2.00 bits per heavy atom. The summed E-state index contributed by atoms with van der Waals surface area (Å²) in [5.74, 6) is 0.233. The van der Waals surface area contributed by atoms with Crippen molar-refractivity contribution in [3.63, 3.8) is 0 Å². The Kier molecular flexibility index (Phi) is 4.24. The maximum absolute atomic E-state index is 12.3. The van der Waals surface area contributed by atoms with Gasteiger partial charge in [-0.15, -0.1) is 0 Å². The molecule has 0 radical (unpaired) electrons. The van der Waals surface area contributed by atoms with Crippen molar-refractivity contribution in [1.29, 1.82) is 0 Å². The van der Waals surface area contributed by atoms with Crippen LogP contribution in [0.1, 0.15) is 29.3 Å². The molecule has 0 saturated carbocycles. The molecule has 4 nitrogen and oxygen atoms in total. The van der Waals surface area contributed by atoms with Gasteiger partial charge in [0.25, 0.3) is 5.91 Å². The third-order valence-electron chi connectivity index (χ3n) is 3.42. The molecule has 0 bridgehead atoms. The molecule has 0 aliphatic rings. The van der Waals surface area contributed by atoms with Crippen molar-refractivity contribution >= 4 is 38.6 Å². The molecule has 3 rings (SSSR count). The number of nitrogens with zero attached hydrogens (tertiary/aromatic N) is 1. The van der Waals surface area contributed by atoms with Gasteiger partial charge >= 0.3 is 0 Å². The van der Waals surface area contributed by atoms with Crippen molar-refractivity contribution in [1.82, 2.24) is 5.16 Å². The van der Waals surface area contributed by atoms with Crippen LogP contribution in [0.3, 0.4) is 0 Å². The summed E-state index contributed by atoms with van der Waals surface area (Å²) in [7, 11) is 0. The summed E-state index contributed by atoms with van der Waals surface area (Å²) in [5.41, 5.74) is 2.47. The van der Waals surface area contributed by atoms with Gasteiger partial charge in [0.1, 0.15) is 0 Å². The van der Waals surface area contributed by atoms with E-state index in [0.29, 0.717) is 17.0 Å². The van der Waals surface area contributed by atoms with Crippen LogP contribution >= 0.6 is 15.9 Å². The van der Waals surface area contributed by atoms with E-state index in [0.717, 1.165) is 22.7 Å². The highest BCUT2D eigenvalue weighted by Crippen LogP contribution is 2.26. The number of carbonyl (C=O) groups excluding carboxylic acids is 1. The highest BCUT2D eigenvalue weighted by Gasteiger charge is 2.13. The number of nitrogens with one attached hydrogen (secondary N) is 1. The lowest BCUT2D eigenvalue weighted by atomic mass is 10.1. The lowest BCUT2D eigenvalue weighted by Crippen LogP contribution is -2.12. The van der Waals surface area contributed by atoms with E-state index in [4.69, 9.17) is 4.52 Å². The number of carbonyl (C=O) groups is 1. The SMILES string of the molecule is CCCc1ccc(C(=O)Nc2noc3ccc(Br)cc23)cc1. The third kappa shape index (κ3) is 3.04. The van der Waals surface area contributed by atoms with E-state index in [1.54, 1.807) is 0 Å². The molecule has 5 heteroatoms. The van der Waals surface area contributed by atoms with Crippen LogP contribution in [0.2, 0.25) is 0 Å². The summed E-state index contributed by atoms with van der Waals surface area (Å²) >= 11 is 3.40. The molecule has 1 amide bonds. The van der Waals surface area contributed by atoms with Crippen molar-refractivity contribution in [2.45, 2.75) is 19.8 Å². The molecule has 1 heterocycles. The van der Waals surface area contributed by atoms with Crippen molar-refractivity contribution in [2.24, 2.45) is 0 Å².